The molecule has 2 heteroatoms. The van der Waals surface area contributed by atoms with Crippen LogP contribution in [0.2, 0.25) is 0 Å². The summed E-state index contributed by atoms with van der Waals surface area (Å²) in [6.07, 6.45) is 4.05. The molecule has 3 atom stereocenters. The van der Waals surface area contributed by atoms with E-state index in [1.54, 1.807) is 0 Å². The molecule has 1 fully saturated rings. The Morgan fingerprint density at radius 2 is 2.06 bits per heavy atom. The first-order valence-corrected chi connectivity index (χ1v) is 6.84. The molecular weight excluding hydrogens is 196 g/mol. The zero-order chi connectivity index (χ0) is 12.2. The summed E-state index contributed by atoms with van der Waals surface area (Å²) in [7, 11) is 4.35. The van der Waals surface area contributed by atoms with Crippen LogP contribution in [0.1, 0.15) is 40.0 Å². The van der Waals surface area contributed by atoms with Gasteiger partial charge in [0.15, 0.2) is 0 Å². The van der Waals surface area contributed by atoms with Gasteiger partial charge in [-0.1, -0.05) is 27.2 Å². The zero-order valence-electron chi connectivity index (χ0n) is 11.8. The largest absolute Gasteiger partial charge is 0.319 e. The molecule has 0 spiro atoms. The number of rotatable bonds is 8. The molecule has 1 aliphatic rings. The maximum atomic E-state index is 3.35. The van der Waals surface area contributed by atoms with Crippen molar-refractivity contribution in [1.29, 1.82) is 0 Å². The molecule has 1 N–H and O–H groups in total. The zero-order valence-corrected chi connectivity index (χ0v) is 11.8. The van der Waals surface area contributed by atoms with Crippen molar-refractivity contribution < 1.29 is 0 Å². The standard InChI is InChI=1S/C14H30N2/c1-6-7-14(3,10-15-4)11-16(5)9-13-8-12(13)2/h12-13,15H,6-11H2,1-5H3. The average Bonchev–Trinajstić information content (AvgIpc) is 2.81. The van der Waals surface area contributed by atoms with Gasteiger partial charge in [-0.2, -0.15) is 0 Å². The van der Waals surface area contributed by atoms with Crippen molar-refractivity contribution in [3.63, 3.8) is 0 Å². The second-order valence-electron chi connectivity index (χ2n) is 6.26. The Hall–Kier alpha value is -0.0800. The highest BCUT2D eigenvalue weighted by molar-refractivity contribution is 4.86. The van der Waals surface area contributed by atoms with Gasteiger partial charge in [-0.05, 0) is 44.2 Å². The average molecular weight is 226 g/mol. The summed E-state index contributed by atoms with van der Waals surface area (Å²) in [5, 5.41) is 3.35. The molecule has 3 unspecified atom stereocenters. The molecule has 0 heterocycles. The van der Waals surface area contributed by atoms with Gasteiger partial charge in [-0.25, -0.2) is 0 Å². The third-order valence-corrected chi connectivity index (χ3v) is 3.93. The van der Waals surface area contributed by atoms with Crippen molar-refractivity contribution in [2.45, 2.75) is 40.0 Å². The Kier molecular flexibility index (Phi) is 5.26. The fourth-order valence-corrected chi connectivity index (χ4v) is 3.02. The van der Waals surface area contributed by atoms with Crippen LogP contribution in [0.25, 0.3) is 0 Å². The topological polar surface area (TPSA) is 15.3 Å². The van der Waals surface area contributed by atoms with Gasteiger partial charge in [0, 0.05) is 19.6 Å². The van der Waals surface area contributed by atoms with E-state index < -0.39 is 0 Å². The molecule has 2 nitrogen and oxygen atoms in total. The summed E-state index contributed by atoms with van der Waals surface area (Å²) in [5.41, 5.74) is 0.441. The Balaban J connectivity index is 2.34. The third kappa shape index (κ3) is 4.42. The predicted octanol–water partition coefficient (Wildman–Crippen LogP) is 2.60. The Labute approximate surface area is 102 Å². The molecule has 0 aromatic rings. The molecule has 0 amide bonds. The summed E-state index contributed by atoms with van der Waals surface area (Å²) >= 11 is 0. The normalized spacial score (nSPS) is 28.1. The van der Waals surface area contributed by atoms with Crippen LogP contribution < -0.4 is 5.32 Å². The van der Waals surface area contributed by atoms with Gasteiger partial charge in [0.25, 0.3) is 0 Å². The first-order valence-electron chi connectivity index (χ1n) is 6.84. The van der Waals surface area contributed by atoms with Crippen LogP contribution in [0.5, 0.6) is 0 Å². The van der Waals surface area contributed by atoms with E-state index in [1.807, 2.05) is 0 Å². The first kappa shape index (κ1) is 14.0. The molecule has 0 saturated heterocycles. The minimum atomic E-state index is 0.441. The van der Waals surface area contributed by atoms with E-state index in [9.17, 15) is 0 Å². The van der Waals surface area contributed by atoms with Crippen LogP contribution in [0, 0.1) is 17.3 Å². The molecule has 1 saturated carbocycles. The SMILES string of the molecule is CCCC(C)(CNC)CN(C)CC1CC1C. The van der Waals surface area contributed by atoms with Gasteiger partial charge in [0.05, 0.1) is 0 Å². The van der Waals surface area contributed by atoms with Crippen molar-refractivity contribution in [3.8, 4) is 0 Å². The number of nitrogens with one attached hydrogen (secondary N) is 1. The lowest BCUT2D eigenvalue weighted by atomic mass is 9.85. The summed E-state index contributed by atoms with van der Waals surface area (Å²) in [6, 6.07) is 0. The minimum absolute atomic E-state index is 0.441. The maximum absolute atomic E-state index is 3.35. The molecule has 0 radical (unpaired) electrons. The van der Waals surface area contributed by atoms with E-state index in [4.69, 9.17) is 0 Å². The van der Waals surface area contributed by atoms with Crippen LogP contribution in [0.15, 0.2) is 0 Å². The van der Waals surface area contributed by atoms with Crippen molar-refractivity contribution in [2.75, 3.05) is 33.7 Å². The molecule has 1 rings (SSSR count). The van der Waals surface area contributed by atoms with E-state index in [0.717, 1.165) is 18.4 Å². The van der Waals surface area contributed by atoms with Gasteiger partial charge >= 0.3 is 0 Å². The summed E-state index contributed by atoms with van der Waals surface area (Å²) in [4.78, 5) is 2.54. The fraction of sp³-hybridized carbons (Fsp3) is 1.00. The minimum Gasteiger partial charge on any atom is -0.319 e. The van der Waals surface area contributed by atoms with E-state index >= 15 is 0 Å². The van der Waals surface area contributed by atoms with Gasteiger partial charge < -0.3 is 10.2 Å². The lowest BCUT2D eigenvalue weighted by molar-refractivity contribution is 0.170. The first-order chi connectivity index (χ1) is 7.50. The van der Waals surface area contributed by atoms with Crippen molar-refractivity contribution >= 4 is 0 Å². The smallest absolute Gasteiger partial charge is 0.00445 e. The van der Waals surface area contributed by atoms with Crippen LogP contribution in [0.4, 0.5) is 0 Å². The Morgan fingerprint density at radius 1 is 1.44 bits per heavy atom. The number of hydrogen-bond donors (Lipinski definition) is 1. The van der Waals surface area contributed by atoms with Gasteiger partial charge in [-0.15, -0.1) is 0 Å². The highest BCUT2D eigenvalue weighted by atomic mass is 15.1. The van der Waals surface area contributed by atoms with Gasteiger partial charge in [0.2, 0.25) is 0 Å². The fourth-order valence-electron chi connectivity index (χ4n) is 3.02. The number of hydrogen-bond acceptors (Lipinski definition) is 2. The lowest BCUT2D eigenvalue weighted by Crippen LogP contribution is -2.40. The van der Waals surface area contributed by atoms with E-state index in [-0.39, 0.29) is 0 Å². The lowest BCUT2D eigenvalue weighted by Gasteiger charge is -2.34. The van der Waals surface area contributed by atoms with Crippen LogP contribution in [-0.4, -0.2) is 38.6 Å². The molecule has 0 bridgehead atoms. The molecule has 96 valence electrons. The van der Waals surface area contributed by atoms with Gasteiger partial charge in [0.1, 0.15) is 0 Å². The maximum Gasteiger partial charge on any atom is 0.00445 e. The van der Waals surface area contributed by atoms with Gasteiger partial charge in [-0.3, -0.25) is 0 Å². The van der Waals surface area contributed by atoms with Crippen molar-refractivity contribution in [3.05, 3.63) is 0 Å². The van der Waals surface area contributed by atoms with E-state index in [2.05, 4.69) is 45.1 Å². The second-order valence-corrected chi connectivity index (χ2v) is 6.26. The summed E-state index contributed by atoms with van der Waals surface area (Å²) in [5.74, 6) is 1.95. The summed E-state index contributed by atoms with van der Waals surface area (Å²) in [6.45, 7) is 10.7. The summed E-state index contributed by atoms with van der Waals surface area (Å²) < 4.78 is 0. The molecular formula is C14H30N2. The Bertz CT molecular complexity index is 197. The van der Waals surface area contributed by atoms with Crippen LogP contribution >= 0.6 is 0 Å². The molecule has 0 aromatic heterocycles. The molecule has 0 aromatic carbocycles. The highest BCUT2D eigenvalue weighted by Gasteiger charge is 2.34. The van der Waals surface area contributed by atoms with E-state index in [1.165, 1.54) is 32.4 Å². The predicted molar refractivity (Wildman–Crippen MR) is 71.7 cm³/mol. The quantitative estimate of drug-likeness (QED) is 0.684. The molecule has 1 aliphatic carbocycles. The number of nitrogens with zero attached hydrogens (tertiary/aromatic N) is 1. The van der Waals surface area contributed by atoms with Crippen molar-refractivity contribution in [2.24, 2.45) is 17.3 Å². The highest BCUT2D eigenvalue weighted by Crippen LogP contribution is 2.38. The van der Waals surface area contributed by atoms with Crippen LogP contribution in [-0.2, 0) is 0 Å². The third-order valence-electron chi connectivity index (χ3n) is 3.93. The molecule has 16 heavy (non-hydrogen) atoms. The Morgan fingerprint density at radius 3 is 2.50 bits per heavy atom. The molecule has 0 aliphatic heterocycles. The monoisotopic (exact) mass is 226 g/mol. The van der Waals surface area contributed by atoms with Crippen LogP contribution in [0.3, 0.4) is 0 Å². The van der Waals surface area contributed by atoms with Crippen molar-refractivity contribution in [1.82, 2.24) is 10.2 Å². The van der Waals surface area contributed by atoms with E-state index in [0.29, 0.717) is 5.41 Å². The second kappa shape index (κ2) is 6.02.